The minimum atomic E-state index is -0.821. The molecule has 2 saturated carbocycles. The molecule has 0 radical (unpaired) electrons. The van der Waals surface area contributed by atoms with Crippen LogP contribution in [0.4, 0.5) is 0 Å². The lowest BCUT2D eigenvalue weighted by molar-refractivity contribution is -0.163. The summed E-state index contributed by atoms with van der Waals surface area (Å²) < 4.78 is 17.1. The van der Waals surface area contributed by atoms with Gasteiger partial charge in [-0.25, -0.2) is 0 Å². The van der Waals surface area contributed by atoms with Gasteiger partial charge in [-0.1, -0.05) is 13.3 Å². The van der Waals surface area contributed by atoms with Crippen LogP contribution in [0, 0.1) is 11.8 Å². The zero-order valence-electron chi connectivity index (χ0n) is 13.4. The number of carbonyl (C=O) groups is 2. The number of aliphatic carboxylic acids is 1. The van der Waals surface area contributed by atoms with Crippen LogP contribution in [0.1, 0.15) is 51.9 Å². The molecule has 0 aromatic carbocycles. The molecule has 0 spiro atoms. The molecule has 2 aliphatic carbocycles. The Morgan fingerprint density at radius 1 is 1.17 bits per heavy atom. The molecule has 128 valence electrons. The van der Waals surface area contributed by atoms with Crippen LogP contribution in [0.15, 0.2) is 0 Å². The quantitative estimate of drug-likeness (QED) is 0.614. The zero-order valence-corrected chi connectivity index (χ0v) is 13.4. The van der Waals surface area contributed by atoms with Crippen LogP contribution in [0.3, 0.4) is 0 Å². The van der Waals surface area contributed by atoms with E-state index in [9.17, 15) is 14.7 Å². The molecule has 0 aromatic rings. The Morgan fingerprint density at radius 2 is 2.00 bits per heavy atom. The van der Waals surface area contributed by atoms with Crippen LogP contribution in [0.25, 0.3) is 0 Å². The highest BCUT2D eigenvalue weighted by atomic mass is 16.7. The van der Waals surface area contributed by atoms with Gasteiger partial charge in [-0.2, -0.15) is 0 Å². The van der Waals surface area contributed by atoms with E-state index < -0.39 is 23.6 Å². The van der Waals surface area contributed by atoms with Gasteiger partial charge in [0.15, 0.2) is 0 Å². The van der Waals surface area contributed by atoms with Gasteiger partial charge in [0, 0.05) is 6.42 Å². The number of carbonyl (C=O) groups excluding carboxylic acids is 1. The maximum atomic E-state index is 12.5. The average Bonchev–Trinajstić information content (AvgIpc) is 3.40. The van der Waals surface area contributed by atoms with Gasteiger partial charge in [0.1, 0.15) is 11.7 Å². The van der Waals surface area contributed by atoms with Crippen molar-refractivity contribution < 1.29 is 28.9 Å². The van der Waals surface area contributed by atoms with Gasteiger partial charge in [-0.05, 0) is 32.1 Å². The maximum absolute atomic E-state index is 12.5. The van der Waals surface area contributed by atoms with Gasteiger partial charge in [-0.3, -0.25) is 9.59 Å². The molecule has 1 N–H and O–H groups in total. The van der Waals surface area contributed by atoms with Crippen molar-refractivity contribution in [1.82, 2.24) is 0 Å². The predicted molar refractivity (Wildman–Crippen MR) is 78.8 cm³/mol. The van der Waals surface area contributed by atoms with Crippen LogP contribution < -0.4 is 0 Å². The number of rotatable bonds is 5. The highest BCUT2D eigenvalue weighted by Crippen LogP contribution is 2.54. The molecule has 4 aliphatic rings. The Labute approximate surface area is 135 Å². The number of esters is 1. The topological polar surface area (TPSA) is 88.7 Å². The molecule has 7 atom stereocenters. The largest absolute Gasteiger partial charge is 0.481 e. The van der Waals surface area contributed by atoms with Gasteiger partial charge in [-0.15, -0.1) is 0 Å². The molecule has 23 heavy (non-hydrogen) atoms. The molecule has 4 fully saturated rings. The summed E-state index contributed by atoms with van der Waals surface area (Å²) in [4.78, 5) is 23.9. The van der Waals surface area contributed by atoms with Crippen LogP contribution in [-0.4, -0.2) is 47.1 Å². The van der Waals surface area contributed by atoms with Gasteiger partial charge in [0.25, 0.3) is 0 Å². The van der Waals surface area contributed by atoms with E-state index in [2.05, 4.69) is 6.92 Å². The standard InChI is InChI=1S/C17H24O6/c1-2-5-17-13(7-10(15(18)19)8-14(17)23-17)22-16(20)9-3-4-11-12(6-9)21-11/h9-14H,2-8H2,1H3,(H,18,19). The van der Waals surface area contributed by atoms with E-state index >= 15 is 0 Å². The summed E-state index contributed by atoms with van der Waals surface area (Å²) in [5.74, 6) is -1.61. The molecule has 6 heteroatoms. The van der Waals surface area contributed by atoms with Crippen LogP contribution in [0.2, 0.25) is 0 Å². The van der Waals surface area contributed by atoms with Crippen molar-refractivity contribution in [3.8, 4) is 0 Å². The first-order valence-electron chi connectivity index (χ1n) is 8.80. The molecule has 2 aliphatic heterocycles. The highest BCUT2D eigenvalue weighted by molar-refractivity contribution is 5.74. The van der Waals surface area contributed by atoms with Crippen molar-refractivity contribution >= 4 is 11.9 Å². The fraction of sp³-hybridized carbons (Fsp3) is 0.882. The Bertz CT molecular complexity index is 519. The number of ether oxygens (including phenoxy) is 3. The predicted octanol–water partition coefficient (Wildman–Crippen LogP) is 1.90. The van der Waals surface area contributed by atoms with Crippen LogP contribution in [-0.2, 0) is 23.8 Å². The van der Waals surface area contributed by atoms with E-state index in [1.165, 1.54) is 0 Å². The fourth-order valence-electron chi connectivity index (χ4n) is 4.55. The minimum Gasteiger partial charge on any atom is -0.481 e. The summed E-state index contributed by atoms with van der Waals surface area (Å²) in [7, 11) is 0. The molecule has 6 nitrogen and oxygen atoms in total. The van der Waals surface area contributed by atoms with Crippen LogP contribution >= 0.6 is 0 Å². The summed E-state index contributed by atoms with van der Waals surface area (Å²) in [6.07, 6.45) is 5.21. The number of hydrogen-bond acceptors (Lipinski definition) is 5. The second-order valence-corrected chi connectivity index (χ2v) is 7.47. The third kappa shape index (κ3) is 2.66. The molecule has 2 heterocycles. The normalized spacial score (nSPS) is 47.2. The van der Waals surface area contributed by atoms with E-state index in [4.69, 9.17) is 14.2 Å². The molecule has 4 rings (SSSR count). The van der Waals surface area contributed by atoms with Crippen molar-refractivity contribution in [3.05, 3.63) is 0 Å². The smallest absolute Gasteiger partial charge is 0.309 e. The Hall–Kier alpha value is -1.14. The first-order chi connectivity index (χ1) is 11.0. The molecule has 7 unspecified atom stereocenters. The fourth-order valence-corrected chi connectivity index (χ4v) is 4.55. The number of carboxylic acid groups (broad SMARTS) is 1. The Morgan fingerprint density at radius 3 is 2.70 bits per heavy atom. The van der Waals surface area contributed by atoms with Gasteiger partial charge in [0.2, 0.25) is 0 Å². The SMILES string of the molecule is CCCC12OC1CC(C(=O)O)CC2OC(=O)C1CCC2OC2C1. The molecule has 0 amide bonds. The lowest BCUT2D eigenvalue weighted by atomic mass is 9.77. The van der Waals surface area contributed by atoms with Gasteiger partial charge < -0.3 is 19.3 Å². The summed E-state index contributed by atoms with van der Waals surface area (Å²) in [6, 6.07) is 0. The minimum absolute atomic E-state index is 0.0717. The number of carboxylic acids is 1. The van der Waals surface area contributed by atoms with E-state index in [1.54, 1.807) is 0 Å². The highest BCUT2D eigenvalue weighted by Gasteiger charge is 2.66. The Kier molecular flexibility index (Phi) is 3.65. The van der Waals surface area contributed by atoms with Crippen molar-refractivity contribution in [1.29, 1.82) is 0 Å². The number of fused-ring (bicyclic) bond motifs is 2. The molecular weight excluding hydrogens is 300 g/mol. The first-order valence-corrected chi connectivity index (χ1v) is 8.80. The lowest BCUT2D eigenvalue weighted by Crippen LogP contribution is -2.44. The van der Waals surface area contributed by atoms with Gasteiger partial charge >= 0.3 is 11.9 Å². The second-order valence-electron chi connectivity index (χ2n) is 7.47. The van der Waals surface area contributed by atoms with Crippen molar-refractivity contribution in [2.75, 3.05) is 0 Å². The summed E-state index contributed by atoms with van der Waals surface area (Å²) >= 11 is 0. The van der Waals surface area contributed by atoms with Crippen molar-refractivity contribution in [3.63, 3.8) is 0 Å². The Balaban J connectivity index is 1.43. The summed E-state index contributed by atoms with van der Waals surface area (Å²) in [5, 5.41) is 9.32. The molecule has 2 saturated heterocycles. The first kappa shape index (κ1) is 15.4. The van der Waals surface area contributed by atoms with Crippen molar-refractivity contribution in [2.24, 2.45) is 11.8 Å². The molecular formula is C17H24O6. The van der Waals surface area contributed by atoms with E-state index in [0.717, 1.165) is 32.1 Å². The third-order valence-corrected chi connectivity index (χ3v) is 5.98. The van der Waals surface area contributed by atoms with Crippen molar-refractivity contribution in [2.45, 2.75) is 81.9 Å². The van der Waals surface area contributed by atoms with E-state index in [-0.39, 0.29) is 24.1 Å². The van der Waals surface area contributed by atoms with E-state index in [0.29, 0.717) is 18.9 Å². The summed E-state index contributed by atoms with van der Waals surface area (Å²) in [5.41, 5.74) is -0.427. The lowest BCUT2D eigenvalue weighted by Gasteiger charge is -2.32. The van der Waals surface area contributed by atoms with Gasteiger partial charge in [0.05, 0.1) is 30.1 Å². The maximum Gasteiger partial charge on any atom is 0.309 e. The third-order valence-electron chi connectivity index (χ3n) is 5.98. The zero-order chi connectivity index (χ0) is 16.2. The molecule has 0 aromatic heterocycles. The summed E-state index contributed by atoms with van der Waals surface area (Å²) in [6.45, 7) is 2.07. The number of epoxide rings is 2. The monoisotopic (exact) mass is 324 g/mol. The number of hydrogen-bond donors (Lipinski definition) is 1. The molecule has 0 bridgehead atoms. The van der Waals surface area contributed by atoms with Crippen LogP contribution in [0.5, 0.6) is 0 Å². The van der Waals surface area contributed by atoms with E-state index in [1.807, 2.05) is 0 Å². The average molecular weight is 324 g/mol. The second kappa shape index (κ2) is 5.45.